The highest BCUT2D eigenvalue weighted by atomic mass is 14.7. The quantitative estimate of drug-likeness (QED) is 0.433. The normalized spacial score (nSPS) is 13.9. The van der Waals surface area contributed by atoms with Gasteiger partial charge in [0.05, 0.1) is 16.8 Å². The Labute approximate surface area is 154 Å². The molecule has 0 unspecified atom stereocenters. The summed E-state index contributed by atoms with van der Waals surface area (Å²) in [4.78, 5) is 5.09. The van der Waals surface area contributed by atoms with Gasteiger partial charge in [-0.2, -0.15) is 0 Å². The van der Waals surface area contributed by atoms with Crippen molar-refractivity contribution in [3.63, 3.8) is 0 Å². The minimum atomic E-state index is -0.238. The highest BCUT2D eigenvalue weighted by Crippen LogP contribution is 2.51. The van der Waals surface area contributed by atoms with Gasteiger partial charge >= 0.3 is 0 Å². The molecule has 0 saturated carbocycles. The summed E-state index contributed by atoms with van der Waals surface area (Å²) in [5, 5.41) is 0. The van der Waals surface area contributed by atoms with Crippen molar-refractivity contribution in [2.45, 2.75) is 12.3 Å². The summed E-state index contributed by atoms with van der Waals surface area (Å²) < 4.78 is 0. The Bertz CT molecular complexity index is 1050. The Hall–Kier alpha value is -3.19. The molecule has 1 heteroatoms. The van der Waals surface area contributed by atoms with E-state index in [4.69, 9.17) is 4.98 Å². The van der Waals surface area contributed by atoms with Crippen LogP contribution < -0.4 is 0 Å². The van der Waals surface area contributed by atoms with Crippen LogP contribution >= 0.6 is 0 Å². The van der Waals surface area contributed by atoms with E-state index in [9.17, 15) is 0 Å². The third-order valence-corrected chi connectivity index (χ3v) is 5.55. The van der Waals surface area contributed by atoms with E-state index in [0.717, 1.165) is 17.0 Å². The number of nitrogens with zero attached hydrogens (tertiary/aromatic N) is 1. The summed E-state index contributed by atoms with van der Waals surface area (Å²) in [6.45, 7) is 2.30. The summed E-state index contributed by atoms with van der Waals surface area (Å²) in [6, 6.07) is 34.2. The summed E-state index contributed by atoms with van der Waals surface area (Å²) in [6.07, 6.45) is 0. The van der Waals surface area contributed by atoms with Gasteiger partial charge in [-0.15, -0.1) is 0 Å². The molecule has 1 nitrogen and oxygen atoms in total. The van der Waals surface area contributed by atoms with E-state index in [2.05, 4.69) is 97.9 Å². The Kier molecular flexibility index (Phi) is 3.29. The first-order valence-corrected chi connectivity index (χ1v) is 9.01. The first kappa shape index (κ1) is 15.1. The van der Waals surface area contributed by atoms with Crippen molar-refractivity contribution in [3.8, 4) is 22.4 Å². The monoisotopic (exact) mass is 333 g/mol. The summed E-state index contributed by atoms with van der Waals surface area (Å²) >= 11 is 0. The molecule has 4 aromatic rings. The molecular weight excluding hydrogens is 314 g/mol. The highest BCUT2D eigenvalue weighted by molar-refractivity contribution is 5.82. The standard InChI is InChI=1S/C25H19N/c1-25(24-17-9-16-23(26-24)18-10-3-2-4-11-18)21-14-7-5-12-19(21)20-13-6-8-15-22(20)25/h2-17H,1H3. The molecule has 1 aliphatic carbocycles. The van der Waals surface area contributed by atoms with Gasteiger partial charge in [-0.3, -0.25) is 4.98 Å². The van der Waals surface area contributed by atoms with Crippen LogP contribution in [-0.4, -0.2) is 4.98 Å². The molecule has 1 aliphatic rings. The topological polar surface area (TPSA) is 12.9 Å². The lowest BCUT2D eigenvalue weighted by molar-refractivity contribution is 0.685. The molecule has 0 spiro atoms. The fourth-order valence-electron chi connectivity index (χ4n) is 4.21. The number of hydrogen-bond donors (Lipinski definition) is 0. The molecule has 0 radical (unpaired) electrons. The Morgan fingerprint density at radius 2 is 1.15 bits per heavy atom. The van der Waals surface area contributed by atoms with E-state index in [1.165, 1.54) is 22.3 Å². The average molecular weight is 333 g/mol. The Morgan fingerprint density at radius 3 is 1.81 bits per heavy atom. The molecule has 0 aliphatic heterocycles. The summed E-state index contributed by atoms with van der Waals surface area (Å²) in [5.41, 5.74) is 8.32. The molecule has 0 N–H and O–H groups in total. The molecule has 0 saturated heterocycles. The van der Waals surface area contributed by atoms with Gasteiger partial charge in [0.15, 0.2) is 0 Å². The number of rotatable bonds is 2. The molecule has 124 valence electrons. The van der Waals surface area contributed by atoms with Crippen molar-refractivity contribution in [1.82, 2.24) is 4.98 Å². The van der Waals surface area contributed by atoms with Crippen molar-refractivity contribution in [2.75, 3.05) is 0 Å². The van der Waals surface area contributed by atoms with E-state index in [0.29, 0.717) is 0 Å². The van der Waals surface area contributed by atoms with Crippen LogP contribution in [0.2, 0.25) is 0 Å². The van der Waals surface area contributed by atoms with Crippen molar-refractivity contribution in [2.24, 2.45) is 0 Å². The van der Waals surface area contributed by atoms with Gasteiger partial charge in [-0.25, -0.2) is 0 Å². The molecule has 1 aromatic heterocycles. The third kappa shape index (κ3) is 2.07. The number of pyridine rings is 1. The van der Waals surface area contributed by atoms with Gasteiger partial charge < -0.3 is 0 Å². The summed E-state index contributed by atoms with van der Waals surface area (Å²) in [5.74, 6) is 0. The third-order valence-electron chi connectivity index (χ3n) is 5.55. The molecule has 5 rings (SSSR count). The molecule has 1 heterocycles. The van der Waals surface area contributed by atoms with Crippen molar-refractivity contribution in [3.05, 3.63) is 114 Å². The maximum atomic E-state index is 5.09. The predicted octanol–water partition coefficient (Wildman–Crippen LogP) is 6.08. The Balaban J connectivity index is 1.76. The number of fused-ring (bicyclic) bond motifs is 3. The highest BCUT2D eigenvalue weighted by Gasteiger charge is 2.41. The lowest BCUT2D eigenvalue weighted by Crippen LogP contribution is -2.24. The molecule has 0 bridgehead atoms. The smallest absolute Gasteiger partial charge is 0.0705 e. The van der Waals surface area contributed by atoms with Gasteiger partial charge in [0.2, 0.25) is 0 Å². The van der Waals surface area contributed by atoms with Crippen molar-refractivity contribution in [1.29, 1.82) is 0 Å². The predicted molar refractivity (Wildman–Crippen MR) is 107 cm³/mol. The second kappa shape index (κ2) is 5.67. The molecular formula is C25H19N. The maximum absolute atomic E-state index is 5.09. The van der Waals surface area contributed by atoms with Crippen LogP contribution in [-0.2, 0) is 5.41 Å². The minimum Gasteiger partial charge on any atom is -0.252 e. The van der Waals surface area contributed by atoms with Gasteiger partial charge in [-0.05, 0) is 41.3 Å². The second-order valence-corrected chi connectivity index (χ2v) is 6.99. The van der Waals surface area contributed by atoms with E-state index >= 15 is 0 Å². The first-order valence-electron chi connectivity index (χ1n) is 9.01. The van der Waals surface area contributed by atoms with E-state index in [-0.39, 0.29) is 5.41 Å². The number of benzene rings is 3. The van der Waals surface area contributed by atoms with E-state index < -0.39 is 0 Å². The zero-order valence-corrected chi connectivity index (χ0v) is 14.7. The zero-order valence-electron chi connectivity index (χ0n) is 14.7. The first-order chi connectivity index (χ1) is 12.8. The van der Waals surface area contributed by atoms with Crippen LogP contribution in [0.1, 0.15) is 23.7 Å². The van der Waals surface area contributed by atoms with Crippen molar-refractivity contribution >= 4 is 0 Å². The number of hydrogen-bond acceptors (Lipinski definition) is 1. The van der Waals surface area contributed by atoms with Crippen LogP contribution in [0.5, 0.6) is 0 Å². The maximum Gasteiger partial charge on any atom is 0.0705 e. The summed E-state index contributed by atoms with van der Waals surface area (Å²) in [7, 11) is 0. The van der Waals surface area contributed by atoms with Crippen LogP contribution in [0.4, 0.5) is 0 Å². The average Bonchev–Trinajstić information content (AvgIpc) is 2.99. The van der Waals surface area contributed by atoms with Gasteiger partial charge in [0.25, 0.3) is 0 Å². The SMILES string of the molecule is CC1(c2cccc(-c3ccccc3)n2)c2ccccc2-c2ccccc21. The van der Waals surface area contributed by atoms with Crippen molar-refractivity contribution < 1.29 is 0 Å². The number of aromatic nitrogens is 1. The Morgan fingerprint density at radius 1 is 0.577 bits per heavy atom. The van der Waals surface area contributed by atoms with Gasteiger partial charge in [0.1, 0.15) is 0 Å². The fraction of sp³-hybridized carbons (Fsp3) is 0.0800. The largest absolute Gasteiger partial charge is 0.252 e. The lowest BCUT2D eigenvalue weighted by atomic mass is 9.77. The van der Waals surface area contributed by atoms with Gasteiger partial charge in [-0.1, -0.05) is 84.9 Å². The molecule has 3 aromatic carbocycles. The molecule has 0 atom stereocenters. The molecule has 0 fully saturated rings. The minimum absolute atomic E-state index is 0.238. The fourth-order valence-corrected chi connectivity index (χ4v) is 4.21. The van der Waals surface area contributed by atoms with Gasteiger partial charge in [0, 0.05) is 5.56 Å². The lowest BCUT2D eigenvalue weighted by Gasteiger charge is -2.27. The van der Waals surface area contributed by atoms with Crippen LogP contribution in [0.3, 0.4) is 0 Å². The zero-order chi connectivity index (χ0) is 17.6. The van der Waals surface area contributed by atoms with Crippen LogP contribution in [0, 0.1) is 0 Å². The molecule has 0 amide bonds. The second-order valence-electron chi connectivity index (χ2n) is 6.99. The van der Waals surface area contributed by atoms with Crippen LogP contribution in [0.25, 0.3) is 22.4 Å². The van der Waals surface area contributed by atoms with Crippen LogP contribution in [0.15, 0.2) is 97.1 Å². The van der Waals surface area contributed by atoms with E-state index in [1.54, 1.807) is 0 Å². The van der Waals surface area contributed by atoms with E-state index in [1.807, 2.05) is 6.07 Å². The molecule has 26 heavy (non-hydrogen) atoms.